The average molecular weight is 272 g/mol. The number of fused-ring (bicyclic) bond motifs is 1. The van der Waals surface area contributed by atoms with Crippen molar-refractivity contribution < 1.29 is 5.11 Å². The molecule has 0 radical (unpaired) electrons. The summed E-state index contributed by atoms with van der Waals surface area (Å²) in [6, 6.07) is 28.4. The molecule has 0 spiro atoms. The van der Waals surface area contributed by atoms with Crippen LogP contribution in [0.5, 0.6) is 0 Å². The van der Waals surface area contributed by atoms with E-state index in [9.17, 15) is 5.11 Å². The van der Waals surface area contributed by atoms with Crippen LogP contribution in [0.1, 0.15) is 28.2 Å². The minimum absolute atomic E-state index is 0.00250. The normalized spacial score (nSPS) is 23.2. The van der Waals surface area contributed by atoms with E-state index in [0.717, 1.165) is 16.7 Å². The fourth-order valence-corrected chi connectivity index (χ4v) is 3.48. The van der Waals surface area contributed by atoms with Crippen LogP contribution in [0.4, 0.5) is 0 Å². The van der Waals surface area contributed by atoms with Gasteiger partial charge in [-0.05, 0) is 22.3 Å². The standard InChI is InChI=1S/C20H16O/c21-20(16-11-5-2-6-12-16)18-14-8-7-13-17(18)19(20)15-9-3-1-4-10-15/h1-14,19,21H/t19-,20-/m0/s1. The zero-order valence-electron chi connectivity index (χ0n) is 11.6. The Hall–Kier alpha value is -2.38. The summed E-state index contributed by atoms with van der Waals surface area (Å²) in [6.07, 6.45) is 0. The molecule has 0 unspecified atom stereocenters. The van der Waals surface area contributed by atoms with Gasteiger partial charge in [-0.1, -0.05) is 84.9 Å². The van der Waals surface area contributed by atoms with Gasteiger partial charge in [-0.3, -0.25) is 0 Å². The number of aliphatic hydroxyl groups is 1. The van der Waals surface area contributed by atoms with Crippen molar-refractivity contribution in [2.24, 2.45) is 0 Å². The van der Waals surface area contributed by atoms with Crippen molar-refractivity contribution in [3.63, 3.8) is 0 Å². The van der Waals surface area contributed by atoms with Crippen molar-refractivity contribution in [3.8, 4) is 0 Å². The van der Waals surface area contributed by atoms with E-state index >= 15 is 0 Å². The molecule has 0 heterocycles. The maximum atomic E-state index is 11.4. The summed E-state index contributed by atoms with van der Waals surface area (Å²) in [5.41, 5.74) is 3.42. The lowest BCUT2D eigenvalue weighted by atomic mass is 9.59. The third kappa shape index (κ3) is 1.68. The van der Waals surface area contributed by atoms with Gasteiger partial charge in [0.1, 0.15) is 5.60 Å². The van der Waals surface area contributed by atoms with Gasteiger partial charge >= 0.3 is 0 Å². The second-order valence-electron chi connectivity index (χ2n) is 5.56. The Morgan fingerprint density at radius 3 is 1.95 bits per heavy atom. The molecule has 102 valence electrons. The molecule has 0 fully saturated rings. The molecule has 4 rings (SSSR count). The van der Waals surface area contributed by atoms with Crippen molar-refractivity contribution in [2.45, 2.75) is 11.5 Å². The molecule has 3 aromatic rings. The fourth-order valence-electron chi connectivity index (χ4n) is 3.48. The van der Waals surface area contributed by atoms with Crippen LogP contribution in [0.2, 0.25) is 0 Å². The van der Waals surface area contributed by atoms with E-state index in [-0.39, 0.29) is 5.92 Å². The monoisotopic (exact) mass is 272 g/mol. The molecule has 0 amide bonds. The summed E-state index contributed by atoms with van der Waals surface area (Å²) in [7, 11) is 0. The Kier molecular flexibility index (Phi) is 2.69. The minimum Gasteiger partial charge on any atom is -0.379 e. The molecule has 0 aromatic heterocycles. The molecule has 1 N–H and O–H groups in total. The van der Waals surface area contributed by atoms with E-state index in [1.807, 2.05) is 66.7 Å². The molecule has 0 saturated heterocycles. The lowest BCUT2D eigenvalue weighted by Gasteiger charge is -2.48. The van der Waals surface area contributed by atoms with Gasteiger partial charge in [0, 0.05) is 5.92 Å². The highest BCUT2D eigenvalue weighted by atomic mass is 16.3. The summed E-state index contributed by atoms with van der Waals surface area (Å²) in [6.45, 7) is 0. The van der Waals surface area contributed by atoms with Gasteiger partial charge in [-0.2, -0.15) is 0 Å². The van der Waals surface area contributed by atoms with E-state index in [0.29, 0.717) is 0 Å². The number of hydrogen-bond donors (Lipinski definition) is 1. The van der Waals surface area contributed by atoms with Crippen molar-refractivity contribution in [2.75, 3.05) is 0 Å². The zero-order valence-corrected chi connectivity index (χ0v) is 11.6. The third-order valence-corrected chi connectivity index (χ3v) is 4.45. The fraction of sp³-hybridized carbons (Fsp3) is 0.100. The van der Waals surface area contributed by atoms with Crippen LogP contribution in [0, 0.1) is 0 Å². The van der Waals surface area contributed by atoms with Crippen molar-refractivity contribution >= 4 is 0 Å². The van der Waals surface area contributed by atoms with Gasteiger partial charge in [-0.25, -0.2) is 0 Å². The van der Waals surface area contributed by atoms with Gasteiger partial charge in [-0.15, -0.1) is 0 Å². The molecule has 0 saturated carbocycles. The number of benzene rings is 3. The molecule has 1 aliphatic carbocycles. The first-order valence-corrected chi connectivity index (χ1v) is 7.24. The zero-order chi connectivity index (χ0) is 14.3. The van der Waals surface area contributed by atoms with E-state index in [1.54, 1.807) is 0 Å². The molecule has 0 aliphatic heterocycles. The highest BCUT2D eigenvalue weighted by Gasteiger charge is 2.52. The Morgan fingerprint density at radius 2 is 1.24 bits per heavy atom. The van der Waals surface area contributed by atoms with Gasteiger partial charge in [0.05, 0.1) is 0 Å². The quantitative estimate of drug-likeness (QED) is 0.745. The first kappa shape index (κ1) is 12.4. The predicted molar refractivity (Wildman–Crippen MR) is 84.2 cm³/mol. The Morgan fingerprint density at radius 1 is 0.667 bits per heavy atom. The van der Waals surface area contributed by atoms with E-state index in [1.165, 1.54) is 5.56 Å². The molecular weight excluding hydrogens is 256 g/mol. The first-order chi connectivity index (χ1) is 10.3. The van der Waals surface area contributed by atoms with Crippen LogP contribution in [0.25, 0.3) is 0 Å². The predicted octanol–water partition coefficient (Wildman–Crippen LogP) is 4.07. The highest BCUT2D eigenvalue weighted by Crippen LogP contribution is 2.56. The smallest absolute Gasteiger partial charge is 0.126 e. The van der Waals surface area contributed by atoms with Crippen molar-refractivity contribution in [1.82, 2.24) is 0 Å². The first-order valence-electron chi connectivity index (χ1n) is 7.24. The van der Waals surface area contributed by atoms with Gasteiger partial charge in [0.2, 0.25) is 0 Å². The molecule has 3 aromatic carbocycles. The minimum atomic E-state index is -0.931. The second-order valence-corrected chi connectivity index (χ2v) is 5.56. The van der Waals surface area contributed by atoms with Crippen LogP contribution in [-0.4, -0.2) is 5.11 Å². The summed E-state index contributed by atoms with van der Waals surface area (Å²) in [4.78, 5) is 0. The summed E-state index contributed by atoms with van der Waals surface area (Å²) in [5, 5.41) is 11.4. The van der Waals surface area contributed by atoms with Gasteiger partial charge < -0.3 is 5.11 Å². The lowest BCUT2D eigenvalue weighted by Crippen LogP contribution is -2.45. The largest absolute Gasteiger partial charge is 0.379 e. The second kappa shape index (κ2) is 4.57. The maximum absolute atomic E-state index is 11.4. The number of hydrogen-bond acceptors (Lipinski definition) is 1. The molecule has 1 nitrogen and oxygen atoms in total. The van der Waals surface area contributed by atoms with Crippen molar-refractivity contribution in [3.05, 3.63) is 107 Å². The van der Waals surface area contributed by atoms with E-state index in [4.69, 9.17) is 0 Å². The summed E-state index contributed by atoms with van der Waals surface area (Å²) < 4.78 is 0. The van der Waals surface area contributed by atoms with Crippen LogP contribution >= 0.6 is 0 Å². The lowest BCUT2D eigenvalue weighted by molar-refractivity contribution is 0.0353. The molecular formula is C20H16O. The number of rotatable bonds is 2. The molecule has 1 aliphatic rings. The Labute approximate surface area is 124 Å². The van der Waals surface area contributed by atoms with E-state index in [2.05, 4.69) is 18.2 Å². The Balaban J connectivity index is 1.93. The van der Waals surface area contributed by atoms with Gasteiger partial charge in [0.15, 0.2) is 0 Å². The summed E-state index contributed by atoms with van der Waals surface area (Å²) in [5.74, 6) is -0.00250. The maximum Gasteiger partial charge on any atom is 0.126 e. The van der Waals surface area contributed by atoms with Crippen LogP contribution < -0.4 is 0 Å². The average Bonchev–Trinajstić information content (AvgIpc) is 2.56. The highest BCUT2D eigenvalue weighted by molar-refractivity contribution is 5.59. The topological polar surface area (TPSA) is 20.2 Å². The molecule has 1 heteroatoms. The summed E-state index contributed by atoms with van der Waals surface area (Å²) >= 11 is 0. The van der Waals surface area contributed by atoms with E-state index < -0.39 is 5.60 Å². The molecule has 0 bridgehead atoms. The third-order valence-electron chi connectivity index (χ3n) is 4.45. The SMILES string of the molecule is O[C@@]1(c2ccccc2)c2ccccc2[C@@H]1c1ccccc1. The van der Waals surface area contributed by atoms with Crippen molar-refractivity contribution in [1.29, 1.82) is 0 Å². The Bertz CT molecular complexity index is 764. The van der Waals surface area contributed by atoms with Crippen LogP contribution in [-0.2, 0) is 5.60 Å². The molecule has 21 heavy (non-hydrogen) atoms. The van der Waals surface area contributed by atoms with Gasteiger partial charge in [0.25, 0.3) is 0 Å². The van der Waals surface area contributed by atoms with Crippen LogP contribution in [0.3, 0.4) is 0 Å². The molecule has 2 atom stereocenters. The van der Waals surface area contributed by atoms with Crippen LogP contribution in [0.15, 0.2) is 84.9 Å².